The van der Waals surface area contributed by atoms with Crippen LogP contribution in [-0.4, -0.2) is 67.5 Å². The summed E-state index contributed by atoms with van der Waals surface area (Å²) in [6.07, 6.45) is 2.15. The largest absolute Gasteiger partial charge is 0.497 e. The van der Waals surface area contributed by atoms with Crippen LogP contribution in [0.3, 0.4) is 0 Å². The highest BCUT2D eigenvalue weighted by molar-refractivity contribution is 5.97. The van der Waals surface area contributed by atoms with Gasteiger partial charge in [0.15, 0.2) is 0 Å². The van der Waals surface area contributed by atoms with Crippen LogP contribution in [-0.2, 0) is 4.79 Å². The molecular weight excluding hydrogens is 376 g/mol. The number of nitrogens with zero attached hydrogens (tertiary/aromatic N) is 1. The molecule has 1 aliphatic rings. The van der Waals surface area contributed by atoms with Crippen molar-refractivity contribution in [3.63, 3.8) is 0 Å². The summed E-state index contributed by atoms with van der Waals surface area (Å²) in [6.45, 7) is 1.01. The number of carbonyl (C=O) groups is 3. The molecule has 0 bridgehead atoms. The average molecular weight is 400 g/mol. The molecule has 9 nitrogen and oxygen atoms in total. The molecule has 0 fully saturated rings. The fourth-order valence-electron chi connectivity index (χ4n) is 2.97. The van der Waals surface area contributed by atoms with Gasteiger partial charge in [-0.15, -0.1) is 0 Å². The van der Waals surface area contributed by atoms with Crippen molar-refractivity contribution in [2.24, 2.45) is 0 Å². The Morgan fingerprint density at radius 3 is 2.79 bits per heavy atom. The van der Waals surface area contributed by atoms with E-state index >= 15 is 0 Å². The van der Waals surface area contributed by atoms with Crippen molar-refractivity contribution in [2.45, 2.75) is 6.42 Å². The Bertz CT molecular complexity index is 866. The second-order valence-electron chi connectivity index (χ2n) is 6.48. The first kappa shape index (κ1) is 20.2. The fraction of sp³-hybridized carbons (Fsp3) is 0.350. The Kier molecular flexibility index (Phi) is 6.72. The van der Waals surface area contributed by atoms with Crippen LogP contribution in [0.15, 0.2) is 36.5 Å². The van der Waals surface area contributed by atoms with E-state index in [4.69, 9.17) is 9.47 Å². The summed E-state index contributed by atoms with van der Waals surface area (Å²) in [5, 5.41) is 5.57. The van der Waals surface area contributed by atoms with E-state index in [1.807, 2.05) is 0 Å². The number of amides is 3. The zero-order valence-corrected chi connectivity index (χ0v) is 16.2. The Hall–Kier alpha value is -3.49. The third kappa shape index (κ3) is 5.28. The predicted octanol–water partition coefficient (Wildman–Crippen LogP) is 0.794. The first-order valence-corrected chi connectivity index (χ1v) is 9.37. The van der Waals surface area contributed by atoms with Crippen LogP contribution in [0.1, 0.15) is 27.3 Å². The van der Waals surface area contributed by atoms with Crippen molar-refractivity contribution in [3.05, 3.63) is 47.8 Å². The normalized spacial score (nSPS) is 16.0. The van der Waals surface area contributed by atoms with Crippen molar-refractivity contribution < 1.29 is 23.9 Å². The van der Waals surface area contributed by atoms with Gasteiger partial charge in [0.2, 0.25) is 5.91 Å². The standard InChI is InChI=1S/C20H24N4O5/c1-28-14-5-6-15-17(12-14)29-11-9-22-18(25)13-24(10-3-8-23-19(15)26)20(27)16-4-2-7-21-16/h2,4-7,12,21H,3,8-11,13H2,1H3,(H,22,25)(H,23,26). The molecular formula is C20H24N4O5. The summed E-state index contributed by atoms with van der Waals surface area (Å²) in [4.78, 5) is 41.8. The minimum atomic E-state index is -0.277. The fourth-order valence-corrected chi connectivity index (χ4v) is 2.97. The monoisotopic (exact) mass is 400 g/mol. The van der Waals surface area contributed by atoms with E-state index in [2.05, 4.69) is 15.6 Å². The van der Waals surface area contributed by atoms with Crippen LogP contribution in [0.25, 0.3) is 0 Å². The zero-order chi connectivity index (χ0) is 20.6. The number of nitrogens with one attached hydrogen (secondary N) is 3. The number of ether oxygens (including phenoxy) is 2. The molecule has 2 aromatic rings. The van der Waals surface area contributed by atoms with Crippen LogP contribution < -0.4 is 20.1 Å². The van der Waals surface area contributed by atoms with Crippen LogP contribution in [0, 0.1) is 0 Å². The summed E-state index contributed by atoms with van der Waals surface area (Å²) in [7, 11) is 1.53. The number of hydrogen-bond donors (Lipinski definition) is 3. The molecule has 1 aromatic carbocycles. The van der Waals surface area contributed by atoms with Gasteiger partial charge in [-0.25, -0.2) is 0 Å². The Balaban J connectivity index is 1.73. The van der Waals surface area contributed by atoms with Gasteiger partial charge in [0.05, 0.1) is 25.8 Å². The summed E-state index contributed by atoms with van der Waals surface area (Å²) < 4.78 is 10.9. The first-order chi connectivity index (χ1) is 14.1. The number of aromatic nitrogens is 1. The maximum absolute atomic E-state index is 12.6. The second-order valence-corrected chi connectivity index (χ2v) is 6.48. The highest BCUT2D eigenvalue weighted by Gasteiger charge is 2.20. The molecule has 9 heteroatoms. The third-order valence-electron chi connectivity index (χ3n) is 4.46. The van der Waals surface area contributed by atoms with E-state index in [1.165, 1.54) is 12.0 Å². The van der Waals surface area contributed by atoms with Gasteiger partial charge in [-0.2, -0.15) is 0 Å². The highest BCUT2D eigenvalue weighted by Crippen LogP contribution is 2.25. The minimum absolute atomic E-state index is 0.0732. The summed E-state index contributed by atoms with van der Waals surface area (Å²) in [5.74, 6) is 0.139. The second kappa shape index (κ2) is 9.63. The van der Waals surface area contributed by atoms with E-state index < -0.39 is 0 Å². The lowest BCUT2D eigenvalue weighted by Crippen LogP contribution is -2.43. The molecule has 1 aliphatic heterocycles. The number of fused-ring (bicyclic) bond motifs is 1. The molecule has 1 aromatic heterocycles. The quantitative estimate of drug-likeness (QED) is 0.690. The maximum Gasteiger partial charge on any atom is 0.270 e. The number of aromatic amines is 1. The third-order valence-corrected chi connectivity index (χ3v) is 4.46. The molecule has 0 aliphatic carbocycles. The Morgan fingerprint density at radius 2 is 2.03 bits per heavy atom. The minimum Gasteiger partial charge on any atom is -0.497 e. The number of hydrogen-bond acceptors (Lipinski definition) is 5. The first-order valence-electron chi connectivity index (χ1n) is 9.37. The molecule has 29 heavy (non-hydrogen) atoms. The van der Waals surface area contributed by atoms with Crippen LogP contribution in [0.2, 0.25) is 0 Å². The average Bonchev–Trinajstić information content (AvgIpc) is 3.27. The number of benzene rings is 1. The van der Waals surface area contributed by atoms with Gasteiger partial charge in [-0.1, -0.05) is 0 Å². The summed E-state index contributed by atoms with van der Waals surface area (Å²) in [6, 6.07) is 8.34. The van der Waals surface area contributed by atoms with Crippen LogP contribution in [0.5, 0.6) is 11.5 Å². The van der Waals surface area contributed by atoms with Crippen LogP contribution >= 0.6 is 0 Å². The van der Waals surface area contributed by atoms with Crippen molar-refractivity contribution >= 4 is 17.7 Å². The molecule has 2 heterocycles. The SMILES string of the molecule is COc1ccc2c(c1)OCCNC(=O)CN(C(=O)c1ccc[nH]1)CCCNC2=O. The van der Waals surface area contributed by atoms with Gasteiger partial charge < -0.3 is 30.0 Å². The number of H-pyrrole nitrogens is 1. The Morgan fingerprint density at radius 1 is 1.17 bits per heavy atom. The molecule has 0 radical (unpaired) electrons. The van der Waals surface area contributed by atoms with Gasteiger partial charge >= 0.3 is 0 Å². The van der Waals surface area contributed by atoms with Crippen molar-refractivity contribution in [1.29, 1.82) is 0 Å². The van der Waals surface area contributed by atoms with E-state index in [0.717, 1.165) is 0 Å². The maximum atomic E-state index is 12.6. The van der Waals surface area contributed by atoms with Crippen molar-refractivity contribution in [3.8, 4) is 11.5 Å². The predicted molar refractivity (Wildman–Crippen MR) is 105 cm³/mol. The van der Waals surface area contributed by atoms with E-state index in [1.54, 1.807) is 36.5 Å². The van der Waals surface area contributed by atoms with E-state index in [-0.39, 0.29) is 37.4 Å². The molecule has 0 saturated heterocycles. The van der Waals surface area contributed by atoms with Crippen molar-refractivity contribution in [2.75, 3.05) is 39.9 Å². The zero-order valence-electron chi connectivity index (χ0n) is 16.2. The lowest BCUT2D eigenvalue weighted by atomic mass is 10.1. The lowest BCUT2D eigenvalue weighted by Gasteiger charge is -2.22. The van der Waals surface area contributed by atoms with Gasteiger partial charge in [0, 0.05) is 25.4 Å². The summed E-state index contributed by atoms with van der Waals surface area (Å²) in [5.41, 5.74) is 0.794. The van der Waals surface area contributed by atoms with Gasteiger partial charge in [-0.05, 0) is 30.7 Å². The molecule has 0 unspecified atom stereocenters. The van der Waals surface area contributed by atoms with E-state index in [0.29, 0.717) is 42.3 Å². The molecule has 3 N–H and O–H groups in total. The molecule has 0 saturated carbocycles. The molecule has 0 atom stereocenters. The summed E-state index contributed by atoms with van der Waals surface area (Å²) >= 11 is 0. The molecule has 3 amide bonds. The number of methoxy groups -OCH3 is 1. The molecule has 0 spiro atoms. The Labute approximate surface area is 168 Å². The van der Waals surface area contributed by atoms with Crippen LogP contribution in [0.4, 0.5) is 0 Å². The van der Waals surface area contributed by atoms with Gasteiger partial charge in [-0.3, -0.25) is 14.4 Å². The molecule has 3 rings (SSSR count). The topological polar surface area (TPSA) is 113 Å². The number of carbonyl (C=O) groups excluding carboxylic acids is 3. The molecule has 154 valence electrons. The van der Waals surface area contributed by atoms with Crippen molar-refractivity contribution in [1.82, 2.24) is 20.5 Å². The van der Waals surface area contributed by atoms with Gasteiger partial charge in [0.1, 0.15) is 23.8 Å². The smallest absolute Gasteiger partial charge is 0.270 e. The lowest BCUT2D eigenvalue weighted by molar-refractivity contribution is -0.121. The van der Waals surface area contributed by atoms with Gasteiger partial charge in [0.25, 0.3) is 11.8 Å². The highest BCUT2D eigenvalue weighted by atomic mass is 16.5. The number of rotatable bonds is 2. The van der Waals surface area contributed by atoms with E-state index in [9.17, 15) is 14.4 Å².